The van der Waals surface area contributed by atoms with E-state index in [0.717, 1.165) is 22.3 Å². The SMILES string of the molecule is CCc1ccccc1Nc1ncnc(Nc2ccccc2Br)c1N. The number of hydrogen-bond acceptors (Lipinski definition) is 5. The molecule has 4 N–H and O–H groups in total. The van der Waals surface area contributed by atoms with Crippen LogP contribution in [0.4, 0.5) is 28.7 Å². The second kappa shape index (κ2) is 7.31. The first kappa shape index (κ1) is 16.3. The first-order valence-electron chi connectivity index (χ1n) is 7.66. The predicted molar refractivity (Wildman–Crippen MR) is 103 cm³/mol. The van der Waals surface area contributed by atoms with Crippen LogP contribution in [-0.2, 0) is 6.42 Å². The van der Waals surface area contributed by atoms with Crippen molar-refractivity contribution in [1.82, 2.24) is 9.97 Å². The number of nitrogen functional groups attached to an aromatic ring is 1. The fourth-order valence-electron chi connectivity index (χ4n) is 2.36. The largest absolute Gasteiger partial charge is 0.393 e. The topological polar surface area (TPSA) is 75.9 Å². The number of rotatable bonds is 5. The summed E-state index contributed by atoms with van der Waals surface area (Å²) in [5.41, 5.74) is 9.82. The van der Waals surface area contributed by atoms with E-state index in [9.17, 15) is 0 Å². The number of nitrogens with zero attached hydrogens (tertiary/aromatic N) is 2. The van der Waals surface area contributed by atoms with Crippen molar-refractivity contribution in [2.75, 3.05) is 16.4 Å². The quantitative estimate of drug-likeness (QED) is 0.585. The van der Waals surface area contributed by atoms with Crippen molar-refractivity contribution < 1.29 is 0 Å². The highest BCUT2D eigenvalue weighted by Crippen LogP contribution is 2.31. The fourth-order valence-corrected chi connectivity index (χ4v) is 2.75. The molecule has 0 saturated heterocycles. The molecule has 0 fully saturated rings. The number of nitrogens with two attached hydrogens (primary N) is 1. The minimum atomic E-state index is 0.471. The van der Waals surface area contributed by atoms with Gasteiger partial charge in [0.15, 0.2) is 11.6 Å². The summed E-state index contributed by atoms with van der Waals surface area (Å²) in [6, 6.07) is 15.9. The highest BCUT2D eigenvalue weighted by atomic mass is 79.9. The van der Waals surface area contributed by atoms with E-state index in [1.54, 1.807) is 0 Å². The zero-order valence-corrected chi connectivity index (χ0v) is 14.8. The number of hydrogen-bond donors (Lipinski definition) is 3. The van der Waals surface area contributed by atoms with E-state index in [1.165, 1.54) is 11.9 Å². The van der Waals surface area contributed by atoms with E-state index in [4.69, 9.17) is 5.73 Å². The van der Waals surface area contributed by atoms with Crippen molar-refractivity contribution in [2.45, 2.75) is 13.3 Å². The van der Waals surface area contributed by atoms with Crippen LogP contribution in [0.15, 0.2) is 59.3 Å². The number of aromatic nitrogens is 2. The minimum absolute atomic E-state index is 0.471. The first-order valence-corrected chi connectivity index (χ1v) is 8.45. The summed E-state index contributed by atoms with van der Waals surface area (Å²) in [4.78, 5) is 8.53. The molecule has 1 heterocycles. The lowest BCUT2D eigenvalue weighted by Gasteiger charge is -2.15. The van der Waals surface area contributed by atoms with Gasteiger partial charge < -0.3 is 16.4 Å². The molecule has 0 atom stereocenters. The molecule has 6 heteroatoms. The summed E-state index contributed by atoms with van der Waals surface area (Å²) in [5, 5.41) is 6.54. The molecule has 3 aromatic rings. The Morgan fingerprint density at radius 3 is 2.17 bits per heavy atom. The van der Waals surface area contributed by atoms with Gasteiger partial charge in [-0.15, -0.1) is 0 Å². The number of para-hydroxylation sites is 2. The van der Waals surface area contributed by atoms with E-state index in [1.807, 2.05) is 42.5 Å². The molecule has 3 rings (SSSR count). The van der Waals surface area contributed by atoms with Gasteiger partial charge >= 0.3 is 0 Å². The van der Waals surface area contributed by atoms with Crippen LogP contribution >= 0.6 is 15.9 Å². The van der Waals surface area contributed by atoms with Gasteiger partial charge in [0.05, 0.1) is 5.69 Å². The number of anilines is 5. The molecule has 122 valence electrons. The Hall–Kier alpha value is -2.60. The van der Waals surface area contributed by atoms with E-state index < -0.39 is 0 Å². The summed E-state index contributed by atoms with van der Waals surface area (Å²) in [6.45, 7) is 2.11. The number of nitrogens with one attached hydrogen (secondary N) is 2. The fraction of sp³-hybridized carbons (Fsp3) is 0.111. The minimum Gasteiger partial charge on any atom is -0.393 e. The van der Waals surface area contributed by atoms with Gasteiger partial charge in [-0.25, -0.2) is 9.97 Å². The smallest absolute Gasteiger partial charge is 0.159 e. The molecule has 0 bridgehead atoms. The second-order valence-electron chi connectivity index (χ2n) is 5.23. The lowest BCUT2D eigenvalue weighted by molar-refractivity contribution is 1.13. The number of aryl methyl sites for hydroxylation is 1. The van der Waals surface area contributed by atoms with Crippen molar-refractivity contribution in [3.63, 3.8) is 0 Å². The van der Waals surface area contributed by atoms with E-state index in [2.05, 4.69) is 49.5 Å². The predicted octanol–water partition coefficient (Wildman–Crippen LogP) is 4.87. The Morgan fingerprint density at radius 1 is 0.917 bits per heavy atom. The van der Waals surface area contributed by atoms with E-state index >= 15 is 0 Å². The Bertz CT molecular complexity index is 850. The summed E-state index contributed by atoms with van der Waals surface area (Å²) < 4.78 is 0.939. The van der Waals surface area contributed by atoms with Crippen LogP contribution in [-0.4, -0.2) is 9.97 Å². The normalized spacial score (nSPS) is 10.4. The van der Waals surface area contributed by atoms with Crippen LogP contribution in [0.25, 0.3) is 0 Å². The van der Waals surface area contributed by atoms with E-state index in [-0.39, 0.29) is 0 Å². The van der Waals surface area contributed by atoms with E-state index in [0.29, 0.717) is 17.3 Å². The number of halogens is 1. The lowest BCUT2D eigenvalue weighted by atomic mass is 10.1. The second-order valence-corrected chi connectivity index (χ2v) is 6.08. The van der Waals surface area contributed by atoms with Gasteiger partial charge in [0.25, 0.3) is 0 Å². The third-order valence-corrected chi connectivity index (χ3v) is 4.35. The molecule has 0 aliphatic rings. The monoisotopic (exact) mass is 383 g/mol. The van der Waals surface area contributed by atoms with Crippen LogP contribution in [0, 0.1) is 0 Å². The maximum Gasteiger partial charge on any atom is 0.159 e. The Kier molecular flexibility index (Phi) is 4.96. The van der Waals surface area contributed by atoms with Gasteiger partial charge in [0.2, 0.25) is 0 Å². The lowest BCUT2D eigenvalue weighted by Crippen LogP contribution is -2.06. The van der Waals surface area contributed by atoms with Gasteiger partial charge in [-0.1, -0.05) is 37.3 Å². The molecule has 0 aliphatic heterocycles. The van der Waals surface area contributed by atoms with Gasteiger partial charge in [0, 0.05) is 10.2 Å². The Labute approximate surface area is 149 Å². The van der Waals surface area contributed by atoms with Crippen molar-refractivity contribution in [3.05, 3.63) is 64.9 Å². The van der Waals surface area contributed by atoms with Crippen LogP contribution in [0.1, 0.15) is 12.5 Å². The summed E-state index contributed by atoms with van der Waals surface area (Å²) in [7, 11) is 0. The molecule has 0 saturated carbocycles. The van der Waals surface area contributed by atoms with Crippen LogP contribution in [0.5, 0.6) is 0 Å². The van der Waals surface area contributed by atoms with Gasteiger partial charge in [0.1, 0.15) is 12.0 Å². The van der Waals surface area contributed by atoms with Gasteiger partial charge in [-0.05, 0) is 46.1 Å². The molecule has 0 aliphatic carbocycles. The van der Waals surface area contributed by atoms with Crippen LogP contribution in [0.3, 0.4) is 0 Å². The van der Waals surface area contributed by atoms with Crippen molar-refractivity contribution in [1.29, 1.82) is 0 Å². The molecule has 5 nitrogen and oxygen atoms in total. The first-order chi connectivity index (χ1) is 11.7. The maximum absolute atomic E-state index is 6.26. The molecule has 0 amide bonds. The summed E-state index contributed by atoms with van der Waals surface area (Å²) in [5.74, 6) is 1.15. The van der Waals surface area contributed by atoms with Crippen LogP contribution < -0.4 is 16.4 Å². The average Bonchev–Trinajstić information content (AvgIpc) is 2.61. The maximum atomic E-state index is 6.26. The van der Waals surface area contributed by atoms with Crippen LogP contribution in [0.2, 0.25) is 0 Å². The van der Waals surface area contributed by atoms with Gasteiger partial charge in [-0.3, -0.25) is 0 Å². The Morgan fingerprint density at radius 2 is 1.50 bits per heavy atom. The zero-order valence-electron chi connectivity index (χ0n) is 13.3. The molecule has 0 unspecified atom stereocenters. The highest BCUT2D eigenvalue weighted by molar-refractivity contribution is 9.10. The van der Waals surface area contributed by atoms with Crippen molar-refractivity contribution in [2.24, 2.45) is 0 Å². The summed E-state index contributed by atoms with van der Waals surface area (Å²) in [6.07, 6.45) is 2.42. The molecular formula is C18H18BrN5. The number of benzene rings is 2. The molecule has 1 aromatic heterocycles. The zero-order chi connectivity index (χ0) is 16.9. The molecule has 2 aromatic carbocycles. The van der Waals surface area contributed by atoms with Crippen molar-refractivity contribution in [3.8, 4) is 0 Å². The molecule has 0 spiro atoms. The standard InChI is InChI=1S/C18H18BrN5/c1-2-12-7-3-5-9-14(12)23-17-16(20)18(22-11-21-17)24-15-10-6-4-8-13(15)19/h3-11H,2,20H2,1H3,(H2,21,22,23,24). The summed E-state index contributed by atoms with van der Waals surface area (Å²) >= 11 is 3.51. The van der Waals surface area contributed by atoms with Gasteiger partial charge in [-0.2, -0.15) is 0 Å². The molecule has 0 radical (unpaired) electrons. The average molecular weight is 384 g/mol. The molecule has 24 heavy (non-hydrogen) atoms. The van der Waals surface area contributed by atoms with Crippen molar-refractivity contribution >= 4 is 44.6 Å². The highest BCUT2D eigenvalue weighted by Gasteiger charge is 2.11. The third kappa shape index (κ3) is 3.49. The molecular weight excluding hydrogens is 366 g/mol. The third-order valence-electron chi connectivity index (χ3n) is 3.66. The Balaban J connectivity index is 1.90.